The molecule has 0 N–H and O–H groups in total. The normalized spacial score (nSPS) is 21.4. The van der Waals surface area contributed by atoms with E-state index in [9.17, 15) is 8.42 Å². The van der Waals surface area contributed by atoms with E-state index in [1.165, 1.54) is 0 Å². The van der Waals surface area contributed by atoms with Crippen molar-refractivity contribution >= 4 is 41.9 Å². The van der Waals surface area contributed by atoms with E-state index in [0.717, 1.165) is 16.5 Å². The van der Waals surface area contributed by atoms with Crippen LogP contribution in [0.1, 0.15) is 18.9 Å². The molecule has 3 nitrogen and oxygen atoms in total. The summed E-state index contributed by atoms with van der Waals surface area (Å²) in [6.45, 7) is 5.24. The molecule has 100 valence electrons. The van der Waals surface area contributed by atoms with Gasteiger partial charge in [-0.15, -0.1) is 0 Å². The average Bonchev–Trinajstić information content (AvgIpc) is 2.70. The molecule has 0 bridgehead atoms. The van der Waals surface area contributed by atoms with Crippen molar-refractivity contribution < 1.29 is 8.42 Å². The van der Waals surface area contributed by atoms with E-state index < -0.39 is 10.0 Å². The molecule has 1 heterocycles. The highest BCUT2D eigenvalue weighted by Gasteiger charge is 2.32. The van der Waals surface area contributed by atoms with Gasteiger partial charge in [0, 0.05) is 22.0 Å². The molecule has 1 aliphatic rings. The fraction of sp³-hybridized carbons (Fsp3) is 0.500. The summed E-state index contributed by atoms with van der Waals surface area (Å²) in [5, 5.41) is 0. The number of nitrogens with zero attached hydrogens (tertiary/aromatic N) is 1. The quantitative estimate of drug-likeness (QED) is 0.766. The Bertz CT molecular complexity index is 572. The predicted molar refractivity (Wildman–Crippen MR) is 79.1 cm³/mol. The van der Waals surface area contributed by atoms with Gasteiger partial charge in [0.25, 0.3) is 0 Å². The van der Waals surface area contributed by atoms with Crippen LogP contribution in [0.3, 0.4) is 0 Å². The summed E-state index contributed by atoms with van der Waals surface area (Å²) in [5.41, 5.74) is 1.01. The van der Waals surface area contributed by atoms with Crippen molar-refractivity contribution in [1.82, 2.24) is 4.31 Å². The van der Waals surface area contributed by atoms with Crippen LogP contribution in [0.15, 0.2) is 26.0 Å². The number of halogens is 2. The number of benzene rings is 1. The molecule has 1 saturated heterocycles. The third-order valence-electron chi connectivity index (χ3n) is 3.22. The van der Waals surface area contributed by atoms with Crippen LogP contribution in [0.5, 0.6) is 0 Å². The summed E-state index contributed by atoms with van der Waals surface area (Å²) < 4.78 is 28.1. The Morgan fingerprint density at radius 3 is 2.50 bits per heavy atom. The minimum Gasteiger partial charge on any atom is -0.207 e. The van der Waals surface area contributed by atoms with Gasteiger partial charge in [-0.2, -0.15) is 4.31 Å². The lowest BCUT2D eigenvalue weighted by molar-refractivity contribution is 0.464. The summed E-state index contributed by atoms with van der Waals surface area (Å²) in [6, 6.07) is 3.51. The van der Waals surface area contributed by atoms with E-state index >= 15 is 0 Å². The van der Waals surface area contributed by atoms with Crippen molar-refractivity contribution in [3.8, 4) is 0 Å². The SMILES string of the molecule is Cc1cc(Br)c(S(=O)(=O)N2CCC(C)C2)cc1Br. The molecule has 1 aromatic carbocycles. The van der Waals surface area contributed by atoms with Gasteiger partial charge < -0.3 is 0 Å². The molecule has 1 aliphatic heterocycles. The Morgan fingerprint density at radius 2 is 1.94 bits per heavy atom. The Morgan fingerprint density at radius 1 is 1.28 bits per heavy atom. The molecule has 0 aromatic heterocycles. The van der Waals surface area contributed by atoms with Crippen LogP contribution in [0.4, 0.5) is 0 Å². The van der Waals surface area contributed by atoms with E-state index in [2.05, 4.69) is 38.8 Å². The molecule has 0 spiro atoms. The van der Waals surface area contributed by atoms with Crippen molar-refractivity contribution in [3.05, 3.63) is 26.6 Å². The van der Waals surface area contributed by atoms with Gasteiger partial charge in [-0.1, -0.05) is 22.9 Å². The summed E-state index contributed by atoms with van der Waals surface area (Å²) >= 11 is 6.74. The maximum absolute atomic E-state index is 12.5. The summed E-state index contributed by atoms with van der Waals surface area (Å²) in [5.74, 6) is 0.437. The molecule has 1 fully saturated rings. The molecule has 0 amide bonds. The van der Waals surface area contributed by atoms with Crippen LogP contribution in [0.2, 0.25) is 0 Å². The zero-order valence-electron chi connectivity index (χ0n) is 10.3. The van der Waals surface area contributed by atoms with Gasteiger partial charge in [-0.05, 0) is 52.9 Å². The molecule has 0 aliphatic carbocycles. The molecule has 2 rings (SSSR count). The maximum atomic E-state index is 12.5. The first-order valence-electron chi connectivity index (χ1n) is 5.78. The van der Waals surface area contributed by atoms with Gasteiger partial charge in [0.15, 0.2) is 0 Å². The Hall–Kier alpha value is 0.0900. The smallest absolute Gasteiger partial charge is 0.207 e. The Kier molecular flexibility index (Phi) is 4.21. The van der Waals surface area contributed by atoms with Crippen molar-refractivity contribution in [2.75, 3.05) is 13.1 Å². The monoisotopic (exact) mass is 395 g/mol. The predicted octanol–water partition coefficient (Wildman–Crippen LogP) is 3.55. The number of rotatable bonds is 2. The van der Waals surface area contributed by atoms with Crippen LogP contribution >= 0.6 is 31.9 Å². The Balaban J connectivity index is 2.45. The molecule has 0 saturated carbocycles. The van der Waals surface area contributed by atoms with E-state index in [0.29, 0.717) is 28.4 Å². The fourth-order valence-corrected chi connectivity index (χ4v) is 5.29. The highest BCUT2D eigenvalue weighted by molar-refractivity contribution is 9.11. The maximum Gasteiger partial charge on any atom is 0.244 e. The summed E-state index contributed by atoms with van der Waals surface area (Å²) in [6.07, 6.45) is 0.934. The zero-order chi connectivity index (χ0) is 13.5. The third kappa shape index (κ3) is 2.66. The molecule has 1 atom stereocenters. The minimum atomic E-state index is -3.39. The lowest BCUT2D eigenvalue weighted by atomic mass is 10.2. The number of sulfonamides is 1. The van der Waals surface area contributed by atoms with Gasteiger partial charge in [-0.25, -0.2) is 8.42 Å². The van der Waals surface area contributed by atoms with E-state index in [4.69, 9.17) is 0 Å². The summed E-state index contributed by atoms with van der Waals surface area (Å²) in [7, 11) is -3.39. The molecular weight excluding hydrogens is 382 g/mol. The van der Waals surface area contributed by atoms with Gasteiger partial charge in [0.05, 0.1) is 4.90 Å². The average molecular weight is 397 g/mol. The van der Waals surface area contributed by atoms with Crippen molar-refractivity contribution in [2.24, 2.45) is 5.92 Å². The van der Waals surface area contributed by atoms with Gasteiger partial charge in [-0.3, -0.25) is 0 Å². The third-order valence-corrected chi connectivity index (χ3v) is 6.90. The molecule has 0 radical (unpaired) electrons. The highest BCUT2D eigenvalue weighted by atomic mass is 79.9. The van der Waals surface area contributed by atoms with Crippen LogP contribution in [0.25, 0.3) is 0 Å². The molecule has 6 heteroatoms. The van der Waals surface area contributed by atoms with Gasteiger partial charge in [0.1, 0.15) is 0 Å². The number of hydrogen-bond acceptors (Lipinski definition) is 2. The lowest BCUT2D eigenvalue weighted by Crippen LogP contribution is -2.29. The van der Waals surface area contributed by atoms with E-state index in [-0.39, 0.29) is 0 Å². The number of aryl methyl sites for hydroxylation is 1. The van der Waals surface area contributed by atoms with Crippen molar-refractivity contribution in [2.45, 2.75) is 25.2 Å². The number of hydrogen-bond donors (Lipinski definition) is 0. The highest BCUT2D eigenvalue weighted by Crippen LogP contribution is 2.32. The fourth-order valence-electron chi connectivity index (χ4n) is 2.08. The molecule has 1 unspecified atom stereocenters. The van der Waals surface area contributed by atoms with Crippen LogP contribution in [0, 0.1) is 12.8 Å². The van der Waals surface area contributed by atoms with E-state index in [1.54, 1.807) is 10.4 Å². The topological polar surface area (TPSA) is 37.4 Å². The largest absolute Gasteiger partial charge is 0.244 e. The van der Waals surface area contributed by atoms with Crippen LogP contribution in [-0.2, 0) is 10.0 Å². The van der Waals surface area contributed by atoms with Crippen molar-refractivity contribution in [3.63, 3.8) is 0 Å². The minimum absolute atomic E-state index is 0.342. The first kappa shape index (κ1) is 14.5. The second-order valence-electron chi connectivity index (χ2n) is 4.79. The van der Waals surface area contributed by atoms with Crippen LogP contribution < -0.4 is 0 Å². The second-order valence-corrected chi connectivity index (χ2v) is 8.40. The zero-order valence-corrected chi connectivity index (χ0v) is 14.3. The molecule has 18 heavy (non-hydrogen) atoms. The van der Waals surface area contributed by atoms with Crippen LogP contribution in [-0.4, -0.2) is 25.8 Å². The Labute approximate surface area is 125 Å². The standard InChI is InChI=1S/C12H15Br2NO2S/c1-8-3-4-15(7-8)18(16,17)12-6-10(13)9(2)5-11(12)14/h5-6,8H,3-4,7H2,1-2H3. The van der Waals surface area contributed by atoms with Gasteiger partial charge >= 0.3 is 0 Å². The first-order valence-corrected chi connectivity index (χ1v) is 8.81. The second kappa shape index (κ2) is 5.23. The summed E-state index contributed by atoms with van der Waals surface area (Å²) in [4.78, 5) is 0.342. The first-order chi connectivity index (χ1) is 8.32. The molecular formula is C12H15Br2NO2S. The molecule has 1 aromatic rings. The van der Waals surface area contributed by atoms with Crippen molar-refractivity contribution in [1.29, 1.82) is 0 Å². The van der Waals surface area contributed by atoms with E-state index in [1.807, 2.05) is 13.0 Å². The van der Waals surface area contributed by atoms with Gasteiger partial charge in [0.2, 0.25) is 10.0 Å². The lowest BCUT2D eigenvalue weighted by Gasteiger charge is -2.17.